The molecule has 2 aromatic rings. The van der Waals surface area contributed by atoms with Crippen LogP contribution in [0, 0.1) is 0 Å². The van der Waals surface area contributed by atoms with Crippen molar-refractivity contribution in [1.29, 1.82) is 0 Å². The van der Waals surface area contributed by atoms with Gasteiger partial charge in [0.1, 0.15) is 6.61 Å². The first-order valence-corrected chi connectivity index (χ1v) is 6.31. The number of nitrogens with zero attached hydrogens (tertiary/aromatic N) is 1. The second kappa shape index (κ2) is 6.21. The third-order valence-corrected chi connectivity index (χ3v) is 3.00. The van der Waals surface area contributed by atoms with Gasteiger partial charge in [0.05, 0.1) is 0 Å². The Balaban J connectivity index is 2.13. The van der Waals surface area contributed by atoms with Crippen molar-refractivity contribution in [3.8, 4) is 0 Å². The Bertz CT molecular complexity index is 556. The lowest BCUT2D eigenvalue weighted by Crippen LogP contribution is -2.07. The maximum absolute atomic E-state index is 10.8. The number of rotatable bonds is 4. The number of hydrogen-bond acceptors (Lipinski definition) is 1. The molecule has 2 nitrogen and oxygen atoms in total. The van der Waals surface area contributed by atoms with Gasteiger partial charge in [0.2, 0.25) is 0 Å². The van der Waals surface area contributed by atoms with Crippen LogP contribution in [0.2, 0.25) is 0 Å². The van der Waals surface area contributed by atoms with Gasteiger partial charge in [0.15, 0.2) is 0 Å². The van der Waals surface area contributed by atoms with Crippen LogP contribution in [0.5, 0.6) is 0 Å². The number of benzene rings is 2. The fourth-order valence-electron chi connectivity index (χ4n) is 1.86. The topological polar surface area (TPSA) is 23.1 Å². The van der Waals surface area contributed by atoms with Gasteiger partial charge >= 0.3 is 0 Å². The average molecular weight is 252 g/mol. The van der Waals surface area contributed by atoms with E-state index in [9.17, 15) is 5.11 Å². The molecule has 0 aliphatic carbocycles. The lowest BCUT2D eigenvalue weighted by atomic mass is 10.1. The predicted molar refractivity (Wildman–Crippen MR) is 80.5 cm³/mol. The summed E-state index contributed by atoms with van der Waals surface area (Å²) in [6.45, 7) is -0.167. The highest BCUT2D eigenvalue weighted by molar-refractivity contribution is 5.70. The Hall–Kier alpha value is -2.06. The van der Waals surface area contributed by atoms with Gasteiger partial charge in [-0.25, -0.2) is 5.11 Å². The summed E-state index contributed by atoms with van der Waals surface area (Å²) in [6, 6.07) is 16.1. The van der Waals surface area contributed by atoms with E-state index in [4.69, 9.17) is 0 Å². The molecule has 0 fully saturated rings. The van der Waals surface area contributed by atoms with Gasteiger partial charge in [-0.2, -0.15) is 0 Å². The minimum absolute atomic E-state index is 0.167. The molecule has 0 saturated carbocycles. The van der Waals surface area contributed by atoms with Crippen LogP contribution in [0.15, 0.2) is 48.5 Å². The van der Waals surface area contributed by atoms with Gasteiger partial charge in [-0.15, -0.1) is 0 Å². The molecule has 0 amide bonds. The van der Waals surface area contributed by atoms with E-state index in [0.717, 1.165) is 16.7 Å². The zero-order chi connectivity index (χ0) is 13.7. The quantitative estimate of drug-likeness (QED) is 0.758. The summed E-state index contributed by atoms with van der Waals surface area (Å²) in [6.07, 6.45) is 4.09. The smallest absolute Gasteiger partial charge is 0.107 e. The van der Waals surface area contributed by atoms with Crippen molar-refractivity contribution in [2.75, 3.05) is 19.0 Å². The van der Waals surface area contributed by atoms with Crippen LogP contribution in [0.4, 0.5) is 5.69 Å². The van der Waals surface area contributed by atoms with E-state index in [-0.39, 0.29) is 6.61 Å². The first-order chi connectivity index (χ1) is 9.19. The molecule has 0 aromatic heterocycles. The molecule has 0 heterocycles. The van der Waals surface area contributed by atoms with Crippen LogP contribution in [0.1, 0.15) is 16.7 Å². The molecule has 0 atom stereocenters. The third kappa shape index (κ3) is 3.70. The summed E-state index contributed by atoms with van der Waals surface area (Å²) < 4.78 is 0. The maximum Gasteiger partial charge on any atom is 0.107 e. The van der Waals surface area contributed by atoms with E-state index < -0.39 is 0 Å². The van der Waals surface area contributed by atoms with E-state index in [1.807, 2.05) is 44.4 Å². The summed E-state index contributed by atoms with van der Waals surface area (Å²) in [4.78, 5) is 2.07. The minimum atomic E-state index is -0.167. The van der Waals surface area contributed by atoms with E-state index in [0.29, 0.717) is 0 Å². The lowest BCUT2D eigenvalue weighted by Gasteiger charge is -2.11. The molecule has 97 valence electrons. The Morgan fingerprint density at radius 3 is 2.26 bits per heavy atom. The normalized spacial score (nSPS) is 10.9. The molecule has 19 heavy (non-hydrogen) atoms. The zero-order valence-electron chi connectivity index (χ0n) is 11.3. The first kappa shape index (κ1) is 13.4. The molecule has 2 aromatic carbocycles. The molecule has 0 aliphatic heterocycles. The van der Waals surface area contributed by atoms with Gasteiger partial charge in [0.25, 0.3) is 0 Å². The van der Waals surface area contributed by atoms with Crippen LogP contribution in [-0.4, -0.2) is 14.1 Å². The minimum Gasteiger partial charge on any atom is -0.378 e. The molecule has 2 rings (SSSR count). The van der Waals surface area contributed by atoms with Crippen molar-refractivity contribution in [2.24, 2.45) is 0 Å². The van der Waals surface area contributed by atoms with Crippen molar-refractivity contribution in [3.05, 3.63) is 65.2 Å². The fourth-order valence-corrected chi connectivity index (χ4v) is 1.86. The Kier molecular flexibility index (Phi) is 4.37. The monoisotopic (exact) mass is 252 g/mol. The molecular weight excluding hydrogens is 234 g/mol. The van der Waals surface area contributed by atoms with Crippen molar-refractivity contribution >= 4 is 17.8 Å². The molecule has 0 bridgehead atoms. The highest BCUT2D eigenvalue weighted by Crippen LogP contribution is 2.15. The number of hydrogen-bond donors (Lipinski definition) is 0. The van der Waals surface area contributed by atoms with Crippen molar-refractivity contribution in [1.82, 2.24) is 0 Å². The summed E-state index contributed by atoms with van der Waals surface area (Å²) in [5, 5.41) is 10.8. The third-order valence-electron chi connectivity index (χ3n) is 3.00. The van der Waals surface area contributed by atoms with Gasteiger partial charge < -0.3 is 4.90 Å². The van der Waals surface area contributed by atoms with E-state index in [1.165, 1.54) is 5.69 Å². The Morgan fingerprint density at radius 2 is 1.63 bits per heavy atom. The second-order valence-electron chi connectivity index (χ2n) is 4.71. The van der Waals surface area contributed by atoms with Gasteiger partial charge in [-0.1, -0.05) is 42.5 Å². The van der Waals surface area contributed by atoms with E-state index in [1.54, 1.807) is 0 Å². The summed E-state index contributed by atoms with van der Waals surface area (Å²) >= 11 is 0. The molecule has 0 N–H and O–H groups in total. The largest absolute Gasteiger partial charge is 0.378 e. The Labute approximate surface area is 114 Å². The predicted octanol–water partition coefficient (Wildman–Crippen LogP) is 3.85. The number of anilines is 1. The standard InChI is InChI=1S/C17H18NO/c1-18(2)17-10-8-14(9-11-17)6-7-15-4-3-5-16(12-15)13-19/h3-12H,13H2,1-2H3. The molecule has 2 heteroatoms. The van der Waals surface area contributed by atoms with Gasteiger partial charge in [-0.05, 0) is 34.9 Å². The van der Waals surface area contributed by atoms with Crippen LogP contribution in [-0.2, 0) is 11.7 Å². The van der Waals surface area contributed by atoms with Crippen molar-refractivity contribution in [3.63, 3.8) is 0 Å². The first-order valence-electron chi connectivity index (χ1n) is 6.31. The highest BCUT2D eigenvalue weighted by Gasteiger charge is 1.95. The summed E-state index contributed by atoms with van der Waals surface area (Å²) in [7, 11) is 4.05. The maximum atomic E-state index is 10.8. The van der Waals surface area contributed by atoms with Gasteiger partial charge in [0, 0.05) is 19.8 Å². The van der Waals surface area contributed by atoms with Crippen LogP contribution in [0.25, 0.3) is 12.2 Å². The summed E-state index contributed by atoms with van der Waals surface area (Å²) in [5.41, 5.74) is 4.22. The fraction of sp³-hybridized carbons (Fsp3) is 0.176. The SMILES string of the molecule is CN(C)c1ccc(C=Cc2cccc(C[O])c2)cc1. The van der Waals surface area contributed by atoms with Gasteiger partial charge in [-0.3, -0.25) is 0 Å². The molecule has 0 saturated heterocycles. The van der Waals surface area contributed by atoms with Crippen LogP contribution < -0.4 is 4.90 Å². The average Bonchev–Trinajstić information content (AvgIpc) is 2.46. The van der Waals surface area contributed by atoms with Crippen LogP contribution >= 0.6 is 0 Å². The second-order valence-corrected chi connectivity index (χ2v) is 4.71. The van der Waals surface area contributed by atoms with Crippen molar-refractivity contribution in [2.45, 2.75) is 6.61 Å². The highest BCUT2D eigenvalue weighted by atomic mass is 16.3. The van der Waals surface area contributed by atoms with E-state index in [2.05, 4.69) is 35.2 Å². The molecule has 0 spiro atoms. The summed E-state index contributed by atoms with van der Waals surface area (Å²) in [5.74, 6) is 0. The molecular formula is C17H18NO. The molecule has 0 aliphatic rings. The molecule has 0 unspecified atom stereocenters. The van der Waals surface area contributed by atoms with E-state index >= 15 is 0 Å². The lowest BCUT2D eigenvalue weighted by molar-refractivity contribution is 0.177. The molecule has 1 radical (unpaired) electrons. The zero-order valence-corrected chi connectivity index (χ0v) is 11.3. The van der Waals surface area contributed by atoms with Crippen molar-refractivity contribution < 1.29 is 5.11 Å². The Morgan fingerprint density at radius 1 is 0.947 bits per heavy atom. The van der Waals surface area contributed by atoms with Crippen LogP contribution in [0.3, 0.4) is 0 Å².